The van der Waals surface area contributed by atoms with E-state index < -0.39 is 10.8 Å². The fourth-order valence-electron chi connectivity index (χ4n) is 3.22. The van der Waals surface area contributed by atoms with Crippen LogP contribution in [-0.4, -0.2) is 17.4 Å². The van der Waals surface area contributed by atoms with Crippen LogP contribution in [0.4, 0.5) is 5.69 Å². The smallest absolute Gasteiger partial charge is 0.269 e. The molecule has 1 N–H and O–H groups in total. The summed E-state index contributed by atoms with van der Waals surface area (Å²) < 4.78 is 7.11. The number of hydrogen-bond donors (Lipinski definition) is 1. The van der Waals surface area contributed by atoms with Crippen molar-refractivity contribution in [2.75, 3.05) is 6.54 Å². The zero-order chi connectivity index (χ0) is 25.2. The van der Waals surface area contributed by atoms with Gasteiger partial charge < -0.3 is 10.1 Å². The summed E-state index contributed by atoms with van der Waals surface area (Å²) in [4.78, 5) is 22.8. The first-order valence-electron chi connectivity index (χ1n) is 10.7. The third kappa shape index (κ3) is 7.77. The summed E-state index contributed by atoms with van der Waals surface area (Å²) in [6, 6.07) is 21.6. The lowest BCUT2D eigenvalue weighted by Gasteiger charge is -2.12. The van der Waals surface area contributed by atoms with E-state index in [0.717, 1.165) is 18.4 Å². The van der Waals surface area contributed by atoms with Crippen molar-refractivity contribution in [1.29, 1.82) is 5.26 Å². The number of halogens is 2. The van der Waals surface area contributed by atoms with Crippen molar-refractivity contribution < 1.29 is 14.5 Å². The molecule has 0 aliphatic heterocycles. The first-order chi connectivity index (χ1) is 16.9. The number of nitro groups is 1. The number of nitro benzene ring substituents is 1. The largest absolute Gasteiger partial charge is 0.487 e. The quantitative estimate of drug-likeness (QED) is 0.0961. The van der Waals surface area contributed by atoms with Gasteiger partial charge in [-0.2, -0.15) is 5.26 Å². The van der Waals surface area contributed by atoms with Crippen LogP contribution < -0.4 is 10.1 Å². The topological polar surface area (TPSA) is 105 Å². The van der Waals surface area contributed by atoms with E-state index in [2.05, 4.69) is 37.2 Å². The minimum absolute atomic E-state index is 0.00283. The Hall–Kier alpha value is -3.48. The summed E-state index contributed by atoms with van der Waals surface area (Å²) in [7, 11) is 0. The van der Waals surface area contributed by atoms with Gasteiger partial charge in [0.05, 0.1) is 13.9 Å². The zero-order valence-electron chi connectivity index (χ0n) is 18.5. The van der Waals surface area contributed by atoms with E-state index in [1.807, 2.05) is 36.4 Å². The molecule has 9 heteroatoms. The maximum atomic E-state index is 12.5. The highest BCUT2D eigenvalue weighted by atomic mass is 79.9. The predicted octanol–water partition coefficient (Wildman–Crippen LogP) is 6.35. The van der Waals surface area contributed by atoms with Gasteiger partial charge in [-0.05, 0) is 91.7 Å². The van der Waals surface area contributed by atoms with E-state index in [9.17, 15) is 20.2 Å². The molecule has 0 unspecified atom stereocenters. The van der Waals surface area contributed by atoms with Crippen molar-refractivity contribution in [3.8, 4) is 11.8 Å². The molecule has 178 valence electrons. The van der Waals surface area contributed by atoms with Crippen LogP contribution >= 0.6 is 31.9 Å². The highest BCUT2D eigenvalue weighted by Crippen LogP contribution is 2.36. The molecule has 0 radical (unpaired) electrons. The molecule has 3 rings (SSSR count). The van der Waals surface area contributed by atoms with Crippen molar-refractivity contribution in [2.45, 2.75) is 19.4 Å². The summed E-state index contributed by atoms with van der Waals surface area (Å²) >= 11 is 6.94. The summed E-state index contributed by atoms with van der Waals surface area (Å²) in [5.74, 6) is 0.107. The second kappa shape index (κ2) is 12.8. The average Bonchev–Trinajstić information content (AvgIpc) is 2.85. The van der Waals surface area contributed by atoms with E-state index in [1.54, 1.807) is 24.3 Å². The number of carbonyl (C=O) groups excluding carboxylic acids is 1. The highest BCUT2D eigenvalue weighted by Gasteiger charge is 2.13. The number of nitrogens with one attached hydrogen (secondary N) is 1. The second-order valence-corrected chi connectivity index (χ2v) is 9.25. The van der Waals surface area contributed by atoms with Crippen LogP contribution in [0.3, 0.4) is 0 Å². The number of amides is 1. The molecule has 0 bridgehead atoms. The van der Waals surface area contributed by atoms with Gasteiger partial charge in [0.15, 0.2) is 0 Å². The number of non-ortho nitro benzene ring substituents is 1. The van der Waals surface area contributed by atoms with Crippen LogP contribution in [0.15, 0.2) is 81.2 Å². The third-order valence-electron chi connectivity index (χ3n) is 5.00. The number of nitriles is 1. The Balaban J connectivity index is 1.60. The molecule has 0 aromatic heterocycles. The number of carbonyl (C=O) groups is 1. The monoisotopic (exact) mass is 597 g/mol. The number of benzene rings is 3. The molecule has 0 spiro atoms. The highest BCUT2D eigenvalue weighted by molar-refractivity contribution is 9.11. The van der Waals surface area contributed by atoms with Crippen LogP contribution in [-0.2, 0) is 17.8 Å². The number of nitrogens with zero attached hydrogens (tertiary/aromatic N) is 2. The van der Waals surface area contributed by atoms with Gasteiger partial charge in [-0.15, -0.1) is 0 Å². The molecule has 3 aromatic rings. The Morgan fingerprint density at radius 2 is 1.71 bits per heavy atom. The van der Waals surface area contributed by atoms with E-state index in [-0.39, 0.29) is 17.9 Å². The Morgan fingerprint density at radius 3 is 2.31 bits per heavy atom. The van der Waals surface area contributed by atoms with E-state index >= 15 is 0 Å². The van der Waals surface area contributed by atoms with Crippen molar-refractivity contribution >= 4 is 49.5 Å². The van der Waals surface area contributed by atoms with Crippen LogP contribution in [0, 0.1) is 21.4 Å². The van der Waals surface area contributed by atoms with E-state index in [4.69, 9.17) is 4.74 Å². The third-order valence-corrected chi connectivity index (χ3v) is 6.18. The Kier molecular flexibility index (Phi) is 9.58. The molecular weight excluding hydrogens is 578 g/mol. The maximum absolute atomic E-state index is 12.5. The number of hydrogen-bond acceptors (Lipinski definition) is 5. The summed E-state index contributed by atoms with van der Waals surface area (Å²) in [6.07, 6.45) is 3.13. The molecular formula is C26H21Br2N3O4. The van der Waals surface area contributed by atoms with Crippen LogP contribution in [0.2, 0.25) is 0 Å². The van der Waals surface area contributed by atoms with Gasteiger partial charge in [0.2, 0.25) is 0 Å². The van der Waals surface area contributed by atoms with Crippen molar-refractivity contribution in [2.24, 2.45) is 0 Å². The molecule has 0 fully saturated rings. The standard InChI is InChI=1S/C26H21Br2N3O4/c27-23-14-20(13-21(16-29)26(32)30-12-4-7-18-5-2-1-3-6-18)15-24(28)25(23)35-17-19-8-10-22(11-9-19)31(33)34/h1-3,5-6,8-11,13-15H,4,7,12,17H2,(H,30,32)/b21-13-. The fraction of sp³-hybridized carbons (Fsp3) is 0.154. The van der Waals surface area contributed by atoms with Crippen LogP contribution in [0.25, 0.3) is 6.08 Å². The van der Waals surface area contributed by atoms with E-state index in [1.165, 1.54) is 23.8 Å². The van der Waals surface area contributed by atoms with Gasteiger partial charge in [0, 0.05) is 18.7 Å². The van der Waals surface area contributed by atoms with E-state index in [0.29, 0.717) is 26.8 Å². The van der Waals surface area contributed by atoms with Crippen LogP contribution in [0.5, 0.6) is 5.75 Å². The van der Waals surface area contributed by atoms with Gasteiger partial charge in [0.25, 0.3) is 11.6 Å². The molecule has 0 saturated carbocycles. The Bertz CT molecular complexity index is 1250. The molecule has 1 amide bonds. The molecule has 0 heterocycles. The predicted molar refractivity (Wildman–Crippen MR) is 141 cm³/mol. The average molecular weight is 599 g/mol. The number of ether oxygens (including phenoxy) is 1. The van der Waals surface area contributed by atoms with Crippen molar-refractivity contribution in [3.05, 3.63) is 108 Å². The molecule has 35 heavy (non-hydrogen) atoms. The van der Waals surface area contributed by atoms with Gasteiger partial charge in [-0.1, -0.05) is 30.3 Å². The zero-order valence-corrected chi connectivity index (χ0v) is 21.7. The Morgan fingerprint density at radius 1 is 1.06 bits per heavy atom. The second-order valence-electron chi connectivity index (χ2n) is 7.54. The first kappa shape index (κ1) is 26.1. The molecule has 0 atom stereocenters. The van der Waals surface area contributed by atoms with Gasteiger partial charge in [-0.3, -0.25) is 14.9 Å². The first-order valence-corrected chi connectivity index (χ1v) is 12.2. The van der Waals surface area contributed by atoms with Crippen molar-refractivity contribution in [1.82, 2.24) is 5.32 Å². The minimum atomic E-state index is -0.454. The SMILES string of the molecule is N#C/C(=C/c1cc(Br)c(OCc2ccc([N+](=O)[O-])cc2)c(Br)c1)C(=O)NCCCc1ccccc1. The molecule has 0 aliphatic rings. The van der Waals surface area contributed by atoms with Crippen molar-refractivity contribution in [3.63, 3.8) is 0 Å². The summed E-state index contributed by atoms with van der Waals surface area (Å²) in [6.45, 7) is 0.675. The normalized spacial score (nSPS) is 10.9. The molecule has 0 aliphatic carbocycles. The lowest BCUT2D eigenvalue weighted by atomic mass is 10.1. The summed E-state index contributed by atoms with van der Waals surface area (Å²) in [5.41, 5.74) is 2.63. The minimum Gasteiger partial charge on any atom is -0.487 e. The van der Waals surface area contributed by atoms with Crippen LogP contribution in [0.1, 0.15) is 23.1 Å². The Labute approximate surface area is 219 Å². The summed E-state index contributed by atoms with van der Waals surface area (Å²) in [5, 5.41) is 23.1. The van der Waals surface area contributed by atoms with Gasteiger partial charge in [-0.25, -0.2) is 0 Å². The fourth-order valence-corrected chi connectivity index (χ4v) is 4.67. The maximum Gasteiger partial charge on any atom is 0.269 e. The van der Waals surface area contributed by atoms with Gasteiger partial charge in [0.1, 0.15) is 24.0 Å². The lowest BCUT2D eigenvalue weighted by molar-refractivity contribution is -0.384. The molecule has 3 aromatic carbocycles. The molecule has 0 saturated heterocycles. The lowest BCUT2D eigenvalue weighted by Crippen LogP contribution is -2.25. The number of aryl methyl sites for hydroxylation is 1. The molecule has 7 nitrogen and oxygen atoms in total. The number of rotatable bonds is 10. The van der Waals surface area contributed by atoms with Gasteiger partial charge >= 0.3 is 0 Å².